The van der Waals surface area contributed by atoms with Crippen LogP contribution in [0.3, 0.4) is 0 Å². The van der Waals surface area contributed by atoms with Crippen molar-refractivity contribution in [3.05, 3.63) is 76.8 Å². The van der Waals surface area contributed by atoms with Crippen molar-refractivity contribution in [2.24, 2.45) is 5.92 Å². The summed E-state index contributed by atoms with van der Waals surface area (Å²) < 4.78 is 0. The molecule has 1 fully saturated rings. The molecule has 33 heavy (non-hydrogen) atoms. The van der Waals surface area contributed by atoms with E-state index < -0.39 is 5.60 Å². The van der Waals surface area contributed by atoms with Crippen molar-refractivity contribution in [1.82, 2.24) is 25.1 Å². The number of likely N-dealkylation sites (tertiary alicyclic amines) is 1. The molecule has 0 spiro atoms. The van der Waals surface area contributed by atoms with Crippen LogP contribution < -0.4 is 0 Å². The first kappa shape index (κ1) is 22.2. The quantitative estimate of drug-likeness (QED) is 0.414. The van der Waals surface area contributed by atoms with E-state index in [4.69, 9.17) is 11.6 Å². The number of benzene rings is 1. The Hall–Kier alpha value is -2.58. The van der Waals surface area contributed by atoms with Crippen LogP contribution in [0.5, 0.6) is 0 Å². The summed E-state index contributed by atoms with van der Waals surface area (Å²) in [6.45, 7) is 3.87. The number of rotatable bonds is 5. The lowest BCUT2D eigenvalue weighted by atomic mass is 9.72. The molecule has 3 aromatic heterocycles. The second-order valence-electron chi connectivity index (χ2n) is 8.72. The molecule has 0 bridgehead atoms. The maximum atomic E-state index is 12.6. The number of hydrogen-bond donors (Lipinski definition) is 2. The zero-order valence-electron chi connectivity index (χ0n) is 18.6. The zero-order chi connectivity index (χ0) is 23.0. The number of hydrogen-bond acceptors (Lipinski definition) is 6. The fraction of sp³-hybridized carbons (Fsp3) is 0.320. The van der Waals surface area contributed by atoms with Crippen molar-refractivity contribution in [2.45, 2.75) is 25.4 Å². The molecule has 2 N–H and O–H groups in total. The number of halogens is 1. The molecule has 0 saturated carbocycles. The molecule has 170 valence electrons. The molecule has 1 unspecified atom stereocenters. The van der Waals surface area contributed by atoms with Crippen molar-refractivity contribution in [3.63, 3.8) is 0 Å². The van der Waals surface area contributed by atoms with Crippen LogP contribution in [0.1, 0.15) is 29.7 Å². The van der Waals surface area contributed by atoms with E-state index in [1.54, 1.807) is 11.3 Å². The molecule has 1 aliphatic heterocycles. The van der Waals surface area contributed by atoms with Gasteiger partial charge in [-0.1, -0.05) is 23.7 Å². The van der Waals surface area contributed by atoms with Gasteiger partial charge in [-0.3, -0.25) is 10.1 Å². The molecule has 0 radical (unpaired) electrons. The standard InChI is InChI=1S/C25H26ClN5OS/c1-16-13-17(7-10-27-16)22-14-21(23(33-22)24-28-15-29-30-24)25(32,18-3-5-20(26)6-4-18)19-8-11-31(2)12-9-19/h3-7,10,13-15,19,32H,8-9,11-12H2,1-2H3,(H,28,29,30). The van der Waals surface area contributed by atoms with Crippen LogP contribution in [0.2, 0.25) is 5.02 Å². The van der Waals surface area contributed by atoms with Crippen LogP contribution in [0, 0.1) is 12.8 Å². The summed E-state index contributed by atoms with van der Waals surface area (Å²) in [7, 11) is 2.13. The van der Waals surface area contributed by atoms with Crippen molar-refractivity contribution in [2.75, 3.05) is 20.1 Å². The topological polar surface area (TPSA) is 77.9 Å². The van der Waals surface area contributed by atoms with Crippen LogP contribution in [0.4, 0.5) is 0 Å². The molecule has 0 aliphatic carbocycles. The third kappa shape index (κ3) is 4.22. The minimum Gasteiger partial charge on any atom is -0.380 e. The Balaban J connectivity index is 1.72. The predicted molar refractivity (Wildman–Crippen MR) is 132 cm³/mol. The van der Waals surface area contributed by atoms with Gasteiger partial charge in [0.25, 0.3) is 0 Å². The van der Waals surface area contributed by atoms with E-state index in [0.717, 1.165) is 58.1 Å². The Labute approximate surface area is 202 Å². The average molecular weight is 480 g/mol. The van der Waals surface area contributed by atoms with E-state index >= 15 is 0 Å². The third-order valence-corrected chi connectivity index (χ3v) is 7.99. The van der Waals surface area contributed by atoms with Gasteiger partial charge < -0.3 is 10.0 Å². The number of thiophene rings is 1. The van der Waals surface area contributed by atoms with Gasteiger partial charge in [-0.2, -0.15) is 5.10 Å². The fourth-order valence-electron chi connectivity index (χ4n) is 4.75. The number of nitrogens with zero attached hydrogens (tertiary/aromatic N) is 4. The molecule has 1 aliphatic rings. The second kappa shape index (κ2) is 8.99. The van der Waals surface area contributed by atoms with Crippen molar-refractivity contribution < 1.29 is 5.11 Å². The number of aromatic amines is 1. The summed E-state index contributed by atoms with van der Waals surface area (Å²) in [4.78, 5) is 13.0. The molecule has 8 heteroatoms. The fourth-order valence-corrected chi connectivity index (χ4v) is 6.03. The highest BCUT2D eigenvalue weighted by Gasteiger charge is 2.44. The molecule has 0 amide bonds. The number of pyridine rings is 1. The maximum absolute atomic E-state index is 12.6. The van der Waals surface area contributed by atoms with E-state index in [0.29, 0.717) is 10.8 Å². The third-order valence-electron chi connectivity index (χ3n) is 6.55. The summed E-state index contributed by atoms with van der Waals surface area (Å²) >= 11 is 7.82. The molecular weight excluding hydrogens is 454 g/mol. The van der Waals surface area contributed by atoms with Gasteiger partial charge in [0.05, 0.1) is 4.88 Å². The lowest BCUT2D eigenvalue weighted by Crippen LogP contribution is -2.43. The number of aliphatic hydroxyl groups is 1. The predicted octanol–water partition coefficient (Wildman–Crippen LogP) is 5.13. The van der Waals surface area contributed by atoms with Crippen molar-refractivity contribution >= 4 is 22.9 Å². The SMILES string of the molecule is Cc1cc(-c2cc(C(O)(c3ccc(Cl)cc3)C3CCN(C)CC3)c(-c3ncn[nH]3)s2)ccn1. The first-order valence-corrected chi connectivity index (χ1v) is 12.2. The van der Waals surface area contributed by atoms with Crippen LogP contribution >= 0.6 is 22.9 Å². The lowest BCUT2D eigenvalue weighted by Gasteiger charge is -2.41. The molecule has 1 atom stereocenters. The first-order chi connectivity index (χ1) is 15.9. The molecule has 4 aromatic rings. The molecule has 1 saturated heterocycles. The van der Waals surface area contributed by atoms with Crippen LogP contribution in [0.25, 0.3) is 21.1 Å². The monoisotopic (exact) mass is 479 g/mol. The van der Waals surface area contributed by atoms with E-state index in [2.05, 4.69) is 44.2 Å². The number of aryl methyl sites for hydroxylation is 1. The number of nitrogens with one attached hydrogen (secondary N) is 1. The summed E-state index contributed by atoms with van der Waals surface area (Å²) in [5.74, 6) is 0.713. The smallest absolute Gasteiger partial charge is 0.165 e. The highest BCUT2D eigenvalue weighted by molar-refractivity contribution is 7.19. The lowest BCUT2D eigenvalue weighted by molar-refractivity contribution is -0.0102. The van der Waals surface area contributed by atoms with Crippen molar-refractivity contribution in [3.8, 4) is 21.1 Å². The Morgan fingerprint density at radius 1 is 1.12 bits per heavy atom. The Morgan fingerprint density at radius 3 is 2.55 bits per heavy atom. The molecule has 1 aromatic carbocycles. The minimum atomic E-state index is -1.19. The highest BCUT2D eigenvalue weighted by atomic mass is 35.5. The highest BCUT2D eigenvalue weighted by Crippen LogP contribution is 2.49. The van der Waals surface area contributed by atoms with Crippen LogP contribution in [-0.2, 0) is 5.60 Å². The summed E-state index contributed by atoms with van der Waals surface area (Å²) in [6.07, 6.45) is 5.11. The molecular formula is C25H26ClN5OS. The maximum Gasteiger partial charge on any atom is 0.165 e. The zero-order valence-corrected chi connectivity index (χ0v) is 20.2. The Kier molecular flexibility index (Phi) is 6.05. The van der Waals surface area contributed by atoms with Crippen LogP contribution in [-0.4, -0.2) is 50.3 Å². The van der Waals surface area contributed by atoms with Gasteiger partial charge >= 0.3 is 0 Å². The van der Waals surface area contributed by atoms with Gasteiger partial charge in [0, 0.05) is 27.4 Å². The summed E-state index contributed by atoms with van der Waals surface area (Å²) in [5, 5.41) is 20.4. The molecule has 6 nitrogen and oxygen atoms in total. The number of aromatic nitrogens is 4. The van der Waals surface area contributed by atoms with E-state index in [1.165, 1.54) is 6.33 Å². The normalized spacial score (nSPS) is 17.2. The van der Waals surface area contributed by atoms with E-state index in [-0.39, 0.29) is 5.92 Å². The molecule has 5 rings (SSSR count). The number of piperidine rings is 1. The van der Waals surface area contributed by atoms with Crippen molar-refractivity contribution in [1.29, 1.82) is 0 Å². The van der Waals surface area contributed by atoms with Gasteiger partial charge in [-0.05, 0) is 87.3 Å². The van der Waals surface area contributed by atoms with E-state index in [1.807, 2.05) is 43.5 Å². The Morgan fingerprint density at radius 2 is 1.88 bits per heavy atom. The summed E-state index contributed by atoms with van der Waals surface area (Å²) in [5.41, 5.74) is 2.53. The number of H-pyrrole nitrogens is 1. The first-order valence-electron chi connectivity index (χ1n) is 11.0. The second-order valence-corrected chi connectivity index (χ2v) is 10.2. The largest absolute Gasteiger partial charge is 0.380 e. The minimum absolute atomic E-state index is 0.0539. The van der Waals surface area contributed by atoms with E-state index in [9.17, 15) is 5.11 Å². The van der Waals surface area contributed by atoms with Crippen LogP contribution in [0.15, 0.2) is 55.0 Å². The van der Waals surface area contributed by atoms with Gasteiger partial charge in [-0.25, -0.2) is 4.98 Å². The Bertz CT molecular complexity index is 1230. The van der Waals surface area contributed by atoms with Gasteiger partial charge in [-0.15, -0.1) is 11.3 Å². The van der Waals surface area contributed by atoms with Gasteiger partial charge in [0.2, 0.25) is 0 Å². The molecule has 4 heterocycles. The summed E-state index contributed by atoms with van der Waals surface area (Å²) in [6, 6.07) is 13.8. The average Bonchev–Trinajstić information content (AvgIpc) is 3.50. The van der Waals surface area contributed by atoms with Gasteiger partial charge in [0.15, 0.2) is 5.82 Å². The van der Waals surface area contributed by atoms with Gasteiger partial charge in [0.1, 0.15) is 11.9 Å².